The molecule has 0 unspecified atom stereocenters. The van der Waals surface area contributed by atoms with Gasteiger partial charge in [0.15, 0.2) is 0 Å². The van der Waals surface area contributed by atoms with Crippen LogP contribution in [-0.2, 0) is 11.2 Å². The third-order valence-electron chi connectivity index (χ3n) is 3.84. The largest absolute Gasteiger partial charge is 0.468 e. The molecule has 1 atom stereocenters. The zero-order valence-corrected chi connectivity index (χ0v) is 14.0. The lowest BCUT2D eigenvalue weighted by molar-refractivity contribution is -0.121. The van der Waals surface area contributed by atoms with E-state index in [9.17, 15) is 14.4 Å². The lowest BCUT2D eigenvalue weighted by atomic mass is 10.1. The van der Waals surface area contributed by atoms with Crippen molar-refractivity contribution >= 4 is 5.91 Å². The average molecular weight is 334 g/mol. The third-order valence-corrected chi connectivity index (χ3v) is 3.84. The predicted octanol–water partition coefficient (Wildman–Crippen LogP) is 0.316. The Labute approximate surface area is 138 Å². The molecule has 8 nitrogen and oxygen atoms in total. The van der Waals surface area contributed by atoms with Crippen LogP contribution < -0.4 is 16.6 Å². The van der Waals surface area contributed by atoms with Gasteiger partial charge in [-0.2, -0.15) is 0 Å². The molecule has 0 saturated heterocycles. The van der Waals surface area contributed by atoms with Crippen molar-refractivity contribution in [1.82, 2.24) is 20.2 Å². The summed E-state index contributed by atoms with van der Waals surface area (Å²) in [5.74, 6) is 0.603. The number of aryl methyl sites for hydroxylation is 1. The van der Waals surface area contributed by atoms with Crippen molar-refractivity contribution in [2.75, 3.05) is 20.6 Å². The molecule has 2 aromatic rings. The number of carbonyl (C=O) groups is 1. The summed E-state index contributed by atoms with van der Waals surface area (Å²) in [6, 6.07) is 3.60. The van der Waals surface area contributed by atoms with Crippen molar-refractivity contribution in [3.63, 3.8) is 0 Å². The van der Waals surface area contributed by atoms with Crippen LogP contribution in [0.4, 0.5) is 0 Å². The van der Waals surface area contributed by atoms with Crippen molar-refractivity contribution in [3.05, 3.63) is 56.3 Å². The third kappa shape index (κ3) is 4.45. The number of furan rings is 1. The van der Waals surface area contributed by atoms with Crippen LogP contribution in [0.15, 0.2) is 32.4 Å². The van der Waals surface area contributed by atoms with Crippen LogP contribution in [0.2, 0.25) is 0 Å². The van der Waals surface area contributed by atoms with E-state index in [1.54, 1.807) is 19.3 Å². The number of nitrogens with one attached hydrogen (secondary N) is 3. The highest BCUT2D eigenvalue weighted by Gasteiger charge is 2.18. The minimum atomic E-state index is -0.544. The smallest absolute Gasteiger partial charge is 0.325 e. The number of amides is 1. The summed E-state index contributed by atoms with van der Waals surface area (Å²) in [5.41, 5.74) is -0.0953. The number of aromatic amines is 2. The fourth-order valence-electron chi connectivity index (χ4n) is 2.48. The van der Waals surface area contributed by atoms with Crippen molar-refractivity contribution in [1.29, 1.82) is 0 Å². The van der Waals surface area contributed by atoms with Crippen molar-refractivity contribution < 1.29 is 9.21 Å². The molecule has 130 valence electrons. The van der Waals surface area contributed by atoms with Gasteiger partial charge in [-0.3, -0.25) is 19.5 Å². The van der Waals surface area contributed by atoms with Crippen LogP contribution in [0.25, 0.3) is 0 Å². The molecule has 2 rings (SSSR count). The second kappa shape index (κ2) is 7.78. The van der Waals surface area contributed by atoms with E-state index >= 15 is 0 Å². The SMILES string of the molecule is Cc1[nH]c(=O)[nH]c(=O)c1CCC(=O)NC[C@H](c1ccco1)N(C)C. The Morgan fingerprint density at radius 1 is 1.33 bits per heavy atom. The van der Waals surface area contributed by atoms with Gasteiger partial charge in [0.2, 0.25) is 5.91 Å². The summed E-state index contributed by atoms with van der Waals surface area (Å²) in [4.78, 5) is 41.6. The zero-order chi connectivity index (χ0) is 17.7. The lowest BCUT2D eigenvalue weighted by Crippen LogP contribution is -2.35. The number of rotatable bonds is 7. The van der Waals surface area contributed by atoms with Gasteiger partial charge in [-0.05, 0) is 39.6 Å². The van der Waals surface area contributed by atoms with Crippen LogP contribution >= 0.6 is 0 Å². The minimum Gasteiger partial charge on any atom is -0.468 e. The predicted molar refractivity (Wildman–Crippen MR) is 88.9 cm³/mol. The molecule has 24 heavy (non-hydrogen) atoms. The van der Waals surface area contributed by atoms with E-state index in [1.807, 2.05) is 25.1 Å². The van der Waals surface area contributed by atoms with E-state index in [-0.39, 0.29) is 24.8 Å². The Bertz CT molecular complexity index is 789. The quantitative estimate of drug-likeness (QED) is 0.675. The molecule has 2 heterocycles. The maximum Gasteiger partial charge on any atom is 0.325 e. The number of likely N-dealkylation sites (N-methyl/N-ethyl adjacent to an activating group) is 1. The molecule has 0 aromatic carbocycles. The van der Waals surface area contributed by atoms with E-state index in [4.69, 9.17) is 4.42 Å². The van der Waals surface area contributed by atoms with Gasteiger partial charge in [-0.25, -0.2) is 4.79 Å². The highest BCUT2D eigenvalue weighted by Crippen LogP contribution is 2.17. The number of nitrogens with zero attached hydrogens (tertiary/aromatic N) is 1. The van der Waals surface area contributed by atoms with Crippen molar-refractivity contribution in [2.24, 2.45) is 0 Å². The number of H-pyrrole nitrogens is 2. The van der Waals surface area contributed by atoms with Gasteiger partial charge in [0, 0.05) is 24.2 Å². The Balaban J connectivity index is 1.92. The van der Waals surface area contributed by atoms with Crippen LogP contribution in [-0.4, -0.2) is 41.4 Å². The first-order valence-electron chi connectivity index (χ1n) is 7.67. The molecular formula is C16H22N4O4. The number of carbonyl (C=O) groups excluding carboxylic acids is 1. The molecule has 0 spiro atoms. The van der Waals surface area contributed by atoms with Gasteiger partial charge in [-0.1, -0.05) is 0 Å². The Kier molecular flexibility index (Phi) is 5.75. The van der Waals surface area contributed by atoms with Crippen LogP contribution in [0.1, 0.15) is 29.5 Å². The molecule has 1 amide bonds. The van der Waals surface area contributed by atoms with E-state index in [1.165, 1.54) is 0 Å². The Morgan fingerprint density at radius 2 is 2.08 bits per heavy atom. The standard InChI is InChI=1S/C16H22N4O4/c1-10-11(15(22)19-16(23)18-10)6-7-14(21)17-9-12(20(2)3)13-5-4-8-24-13/h4-5,8,12H,6-7,9H2,1-3H3,(H,17,21)(H2,18,19,22,23)/t12-/m1/s1. The molecule has 0 saturated carbocycles. The topological polar surface area (TPSA) is 111 Å². The Hall–Kier alpha value is -2.61. The van der Waals surface area contributed by atoms with Gasteiger partial charge in [0.1, 0.15) is 5.76 Å². The van der Waals surface area contributed by atoms with Crippen LogP contribution in [0.3, 0.4) is 0 Å². The average Bonchev–Trinajstić information content (AvgIpc) is 3.00. The summed E-state index contributed by atoms with van der Waals surface area (Å²) in [6.07, 6.45) is 2.02. The van der Waals surface area contributed by atoms with E-state index in [2.05, 4.69) is 15.3 Å². The first-order valence-corrected chi connectivity index (χ1v) is 7.67. The van der Waals surface area contributed by atoms with Gasteiger partial charge in [0.25, 0.3) is 5.56 Å². The van der Waals surface area contributed by atoms with Gasteiger partial charge in [0.05, 0.1) is 12.3 Å². The molecular weight excluding hydrogens is 312 g/mol. The second-order valence-electron chi connectivity index (χ2n) is 5.81. The minimum absolute atomic E-state index is 0.0674. The fraction of sp³-hybridized carbons (Fsp3) is 0.438. The van der Waals surface area contributed by atoms with Crippen molar-refractivity contribution in [2.45, 2.75) is 25.8 Å². The first kappa shape index (κ1) is 17.7. The number of aromatic nitrogens is 2. The summed E-state index contributed by atoms with van der Waals surface area (Å²) in [7, 11) is 3.81. The monoisotopic (exact) mass is 334 g/mol. The zero-order valence-electron chi connectivity index (χ0n) is 14.0. The number of hydrogen-bond acceptors (Lipinski definition) is 5. The van der Waals surface area contributed by atoms with E-state index in [0.29, 0.717) is 17.8 Å². The maximum atomic E-state index is 12.1. The molecule has 3 N–H and O–H groups in total. The molecule has 0 radical (unpaired) electrons. The molecule has 2 aromatic heterocycles. The number of hydrogen-bond donors (Lipinski definition) is 3. The summed E-state index contributed by atoms with van der Waals surface area (Å²) >= 11 is 0. The lowest BCUT2D eigenvalue weighted by Gasteiger charge is -2.22. The van der Waals surface area contributed by atoms with Crippen LogP contribution in [0, 0.1) is 6.92 Å². The summed E-state index contributed by atoms with van der Waals surface area (Å²) in [6.45, 7) is 2.04. The first-order chi connectivity index (χ1) is 11.4. The van der Waals surface area contributed by atoms with Gasteiger partial charge in [-0.15, -0.1) is 0 Å². The normalized spacial score (nSPS) is 12.3. The Morgan fingerprint density at radius 3 is 2.67 bits per heavy atom. The molecule has 0 fully saturated rings. The highest BCUT2D eigenvalue weighted by atomic mass is 16.3. The van der Waals surface area contributed by atoms with E-state index in [0.717, 1.165) is 5.76 Å². The molecule has 0 aliphatic heterocycles. The summed E-state index contributed by atoms with van der Waals surface area (Å²) in [5, 5.41) is 2.85. The molecule has 0 bridgehead atoms. The summed E-state index contributed by atoms with van der Waals surface area (Å²) < 4.78 is 5.39. The molecule has 0 aliphatic rings. The molecule has 8 heteroatoms. The molecule has 0 aliphatic carbocycles. The van der Waals surface area contributed by atoms with E-state index < -0.39 is 11.2 Å². The second-order valence-corrected chi connectivity index (χ2v) is 5.81. The highest BCUT2D eigenvalue weighted by molar-refractivity contribution is 5.76. The maximum absolute atomic E-state index is 12.1. The van der Waals surface area contributed by atoms with Gasteiger partial charge >= 0.3 is 5.69 Å². The fourth-order valence-corrected chi connectivity index (χ4v) is 2.48. The van der Waals surface area contributed by atoms with Crippen molar-refractivity contribution in [3.8, 4) is 0 Å². The van der Waals surface area contributed by atoms with Crippen LogP contribution in [0.5, 0.6) is 0 Å². The van der Waals surface area contributed by atoms with Gasteiger partial charge < -0.3 is 14.7 Å².